The van der Waals surface area contributed by atoms with Crippen LogP contribution in [0.2, 0.25) is 0 Å². The molecule has 0 unspecified atom stereocenters. The third-order valence-electron chi connectivity index (χ3n) is 3.87. The van der Waals surface area contributed by atoms with Crippen LogP contribution in [0, 0.1) is 0 Å². The number of alkyl halides is 3. The second kappa shape index (κ2) is 5.05. The van der Waals surface area contributed by atoms with E-state index in [1.54, 1.807) is 18.2 Å². The number of hydrogen-bond acceptors (Lipinski definition) is 2. The summed E-state index contributed by atoms with van der Waals surface area (Å²) in [7, 11) is 0. The Kier molecular flexibility index (Phi) is 3.38. The molecule has 1 aliphatic heterocycles. The van der Waals surface area contributed by atoms with E-state index in [1.807, 2.05) is 0 Å². The summed E-state index contributed by atoms with van der Waals surface area (Å²) in [6, 6.07) is 6.69. The highest BCUT2D eigenvalue weighted by molar-refractivity contribution is 5.88. The summed E-state index contributed by atoms with van der Waals surface area (Å²) >= 11 is 0. The van der Waals surface area contributed by atoms with Gasteiger partial charge >= 0.3 is 6.18 Å². The molecule has 2 nitrogen and oxygen atoms in total. The normalized spacial score (nSPS) is 17.6. The summed E-state index contributed by atoms with van der Waals surface area (Å²) in [6.07, 6.45) is -1.11. The molecule has 0 aliphatic carbocycles. The summed E-state index contributed by atoms with van der Waals surface area (Å²) in [6.45, 7) is 1.81. The van der Waals surface area contributed by atoms with Crippen molar-refractivity contribution in [3.8, 4) is 0 Å². The topological polar surface area (TPSA) is 24.9 Å². The van der Waals surface area contributed by atoms with Crippen LogP contribution in [0.4, 0.5) is 13.2 Å². The average molecular weight is 280 g/mol. The van der Waals surface area contributed by atoms with Crippen molar-refractivity contribution in [2.75, 3.05) is 13.1 Å². The van der Waals surface area contributed by atoms with Crippen LogP contribution in [-0.2, 0) is 6.18 Å². The van der Waals surface area contributed by atoms with Gasteiger partial charge < -0.3 is 5.32 Å². The number of piperidine rings is 1. The fourth-order valence-corrected chi connectivity index (χ4v) is 2.90. The van der Waals surface area contributed by atoms with Crippen molar-refractivity contribution in [3.63, 3.8) is 0 Å². The molecule has 1 aliphatic rings. The van der Waals surface area contributed by atoms with Crippen molar-refractivity contribution < 1.29 is 13.2 Å². The lowest BCUT2D eigenvalue weighted by molar-refractivity contribution is -0.139. The zero-order chi connectivity index (χ0) is 14.2. The van der Waals surface area contributed by atoms with E-state index in [0.717, 1.165) is 31.5 Å². The Labute approximate surface area is 115 Å². The number of rotatable bonds is 1. The smallest absolute Gasteiger partial charge is 0.317 e. The Hall–Kier alpha value is -1.62. The summed E-state index contributed by atoms with van der Waals surface area (Å²) in [5, 5.41) is 4.15. The maximum Gasteiger partial charge on any atom is 0.433 e. The molecule has 1 aromatic carbocycles. The predicted molar refractivity (Wildman–Crippen MR) is 71.6 cm³/mol. The first-order chi connectivity index (χ1) is 9.57. The van der Waals surface area contributed by atoms with Crippen molar-refractivity contribution in [3.05, 3.63) is 41.7 Å². The molecule has 1 aromatic heterocycles. The molecule has 0 saturated carbocycles. The molecule has 0 atom stereocenters. The van der Waals surface area contributed by atoms with E-state index >= 15 is 0 Å². The zero-order valence-corrected chi connectivity index (χ0v) is 10.9. The summed E-state index contributed by atoms with van der Waals surface area (Å²) < 4.78 is 39.1. The van der Waals surface area contributed by atoms with Crippen LogP contribution in [-0.4, -0.2) is 18.1 Å². The number of fused-ring (bicyclic) bond motifs is 1. The number of aromatic nitrogens is 1. The first kappa shape index (κ1) is 13.4. The van der Waals surface area contributed by atoms with Gasteiger partial charge in [0.2, 0.25) is 0 Å². The Morgan fingerprint density at radius 3 is 2.35 bits per heavy atom. The second-order valence-electron chi connectivity index (χ2n) is 5.13. The van der Waals surface area contributed by atoms with E-state index in [0.29, 0.717) is 5.39 Å². The number of halogens is 3. The van der Waals surface area contributed by atoms with Gasteiger partial charge in [-0.3, -0.25) is 4.98 Å². The van der Waals surface area contributed by atoms with E-state index in [9.17, 15) is 13.2 Å². The van der Waals surface area contributed by atoms with E-state index in [-0.39, 0.29) is 11.3 Å². The molecule has 106 valence electrons. The number of nitrogens with one attached hydrogen (secondary N) is 1. The Morgan fingerprint density at radius 1 is 1.05 bits per heavy atom. The number of nitrogens with zero attached hydrogens (tertiary/aromatic N) is 1. The van der Waals surface area contributed by atoms with Crippen LogP contribution in [0.15, 0.2) is 30.5 Å². The van der Waals surface area contributed by atoms with Gasteiger partial charge in [0.15, 0.2) is 5.69 Å². The third kappa shape index (κ3) is 2.38. The molecule has 0 bridgehead atoms. The molecule has 1 fully saturated rings. The van der Waals surface area contributed by atoms with E-state index < -0.39 is 11.9 Å². The van der Waals surface area contributed by atoms with Gasteiger partial charge in [-0.25, -0.2) is 0 Å². The minimum Gasteiger partial charge on any atom is -0.317 e. The van der Waals surface area contributed by atoms with Crippen molar-refractivity contribution in [1.29, 1.82) is 0 Å². The van der Waals surface area contributed by atoms with E-state index in [4.69, 9.17) is 0 Å². The van der Waals surface area contributed by atoms with Crippen LogP contribution >= 0.6 is 0 Å². The van der Waals surface area contributed by atoms with Gasteiger partial charge in [0.25, 0.3) is 0 Å². The predicted octanol–water partition coefficient (Wildman–Crippen LogP) is 3.72. The zero-order valence-electron chi connectivity index (χ0n) is 10.9. The molecule has 3 rings (SSSR count). The van der Waals surface area contributed by atoms with Crippen LogP contribution < -0.4 is 5.32 Å². The molecule has 0 radical (unpaired) electrons. The molecule has 5 heteroatoms. The van der Waals surface area contributed by atoms with Crippen LogP contribution in [0.5, 0.6) is 0 Å². The minimum absolute atomic E-state index is 0.205. The highest BCUT2D eigenvalue weighted by Crippen LogP contribution is 2.37. The average Bonchev–Trinajstić information content (AvgIpc) is 2.46. The molecule has 0 amide bonds. The molecule has 2 aromatic rings. The van der Waals surface area contributed by atoms with Crippen LogP contribution in [0.25, 0.3) is 10.8 Å². The molecular weight excluding hydrogens is 265 g/mol. The monoisotopic (exact) mass is 280 g/mol. The first-order valence-electron chi connectivity index (χ1n) is 6.73. The van der Waals surface area contributed by atoms with E-state index in [2.05, 4.69) is 10.3 Å². The first-order valence-corrected chi connectivity index (χ1v) is 6.73. The quantitative estimate of drug-likeness (QED) is 0.861. The lowest BCUT2D eigenvalue weighted by Gasteiger charge is -2.24. The molecule has 1 saturated heterocycles. The highest BCUT2D eigenvalue weighted by Gasteiger charge is 2.35. The summed E-state index contributed by atoms with van der Waals surface area (Å²) in [5.41, 5.74) is 0.154. The van der Waals surface area contributed by atoms with Crippen LogP contribution in [0.1, 0.15) is 30.0 Å². The molecule has 20 heavy (non-hydrogen) atoms. The second-order valence-corrected chi connectivity index (χ2v) is 5.13. The largest absolute Gasteiger partial charge is 0.433 e. The number of hydrogen-bond donors (Lipinski definition) is 1. The Balaban J connectivity index is 2.16. The lowest BCUT2D eigenvalue weighted by atomic mass is 9.88. The maximum absolute atomic E-state index is 13.0. The number of benzene rings is 1. The minimum atomic E-state index is -4.41. The molecular formula is C15H15F3N2. The van der Waals surface area contributed by atoms with Gasteiger partial charge in [-0.15, -0.1) is 0 Å². The van der Waals surface area contributed by atoms with E-state index in [1.165, 1.54) is 12.3 Å². The van der Waals surface area contributed by atoms with Gasteiger partial charge in [-0.2, -0.15) is 13.2 Å². The van der Waals surface area contributed by atoms with Crippen molar-refractivity contribution >= 4 is 10.8 Å². The maximum atomic E-state index is 13.0. The molecule has 1 N–H and O–H groups in total. The van der Waals surface area contributed by atoms with Gasteiger partial charge in [0.1, 0.15) is 0 Å². The van der Waals surface area contributed by atoms with Gasteiger partial charge in [0, 0.05) is 11.6 Å². The standard InChI is InChI=1S/C15H15F3N2/c16-15(17,18)14-12-4-2-1-3-11(12)13(9-20-14)10-5-7-19-8-6-10/h1-4,9-10,19H,5-8H2. The van der Waals surface area contributed by atoms with Gasteiger partial charge in [-0.1, -0.05) is 24.3 Å². The Bertz CT molecular complexity index is 616. The van der Waals surface area contributed by atoms with Crippen molar-refractivity contribution in [2.45, 2.75) is 24.9 Å². The highest BCUT2D eigenvalue weighted by atomic mass is 19.4. The van der Waals surface area contributed by atoms with Crippen LogP contribution in [0.3, 0.4) is 0 Å². The van der Waals surface area contributed by atoms with Gasteiger partial charge in [0.05, 0.1) is 0 Å². The Morgan fingerprint density at radius 2 is 1.70 bits per heavy atom. The molecule has 2 heterocycles. The third-order valence-corrected chi connectivity index (χ3v) is 3.87. The summed E-state index contributed by atoms with van der Waals surface area (Å²) in [5.74, 6) is 0.288. The fraction of sp³-hybridized carbons (Fsp3) is 0.400. The lowest BCUT2D eigenvalue weighted by Crippen LogP contribution is -2.27. The fourth-order valence-electron chi connectivity index (χ4n) is 2.90. The number of pyridine rings is 1. The molecule has 0 spiro atoms. The van der Waals surface area contributed by atoms with Gasteiger partial charge in [-0.05, 0) is 42.8 Å². The van der Waals surface area contributed by atoms with Crippen molar-refractivity contribution in [1.82, 2.24) is 10.3 Å². The van der Waals surface area contributed by atoms with Crippen molar-refractivity contribution in [2.24, 2.45) is 0 Å². The SMILES string of the molecule is FC(F)(F)c1ncc(C2CCNCC2)c2ccccc12. The summed E-state index contributed by atoms with van der Waals surface area (Å²) in [4.78, 5) is 3.71.